The van der Waals surface area contributed by atoms with Crippen LogP contribution >= 0.6 is 0 Å². The van der Waals surface area contributed by atoms with Crippen molar-refractivity contribution in [2.75, 3.05) is 0 Å². The Labute approximate surface area is 135 Å². The molecule has 3 rings (SSSR count). The molecule has 1 saturated carbocycles. The highest BCUT2D eigenvalue weighted by Crippen LogP contribution is 2.25. The smallest absolute Gasteiger partial charge is 0.249 e. The molecule has 1 N–H and O–H groups in total. The van der Waals surface area contributed by atoms with E-state index in [9.17, 15) is 4.79 Å². The van der Waals surface area contributed by atoms with Crippen LogP contribution in [0.4, 0.5) is 0 Å². The van der Waals surface area contributed by atoms with E-state index in [2.05, 4.69) is 20.4 Å². The van der Waals surface area contributed by atoms with Crippen LogP contribution in [0.1, 0.15) is 56.7 Å². The fourth-order valence-electron chi connectivity index (χ4n) is 2.97. The average Bonchev–Trinajstić information content (AvgIpc) is 3.06. The standard InChI is InChI=1S/C17H22N4O2/c1-11-10-14(8-9-18-11)15-20-17(23-21-15)12(2)19-16(22)13-6-4-3-5-7-13/h8-10,12-13H,3-7H2,1-2H3,(H,19,22)/t12-/m0/s1. The molecule has 122 valence electrons. The van der Waals surface area contributed by atoms with Crippen molar-refractivity contribution >= 4 is 5.91 Å². The minimum Gasteiger partial charge on any atom is -0.344 e. The van der Waals surface area contributed by atoms with Gasteiger partial charge in [-0.3, -0.25) is 9.78 Å². The Hall–Kier alpha value is -2.24. The number of carbonyl (C=O) groups is 1. The third-order valence-electron chi connectivity index (χ3n) is 4.30. The van der Waals surface area contributed by atoms with Gasteiger partial charge in [0.1, 0.15) is 6.04 Å². The summed E-state index contributed by atoms with van der Waals surface area (Å²) in [5.74, 6) is 1.16. The topological polar surface area (TPSA) is 80.9 Å². The first-order valence-corrected chi connectivity index (χ1v) is 8.20. The summed E-state index contributed by atoms with van der Waals surface area (Å²) >= 11 is 0. The van der Waals surface area contributed by atoms with Crippen molar-refractivity contribution in [3.63, 3.8) is 0 Å². The molecule has 0 aliphatic heterocycles. The lowest BCUT2D eigenvalue weighted by atomic mass is 9.88. The Morgan fingerprint density at radius 2 is 2.13 bits per heavy atom. The quantitative estimate of drug-likeness (QED) is 0.937. The van der Waals surface area contributed by atoms with E-state index in [0.29, 0.717) is 11.7 Å². The highest BCUT2D eigenvalue weighted by Gasteiger charge is 2.24. The second kappa shape index (κ2) is 6.89. The summed E-state index contributed by atoms with van der Waals surface area (Å²) < 4.78 is 5.31. The Balaban J connectivity index is 1.66. The lowest BCUT2D eigenvalue weighted by molar-refractivity contribution is -0.126. The predicted molar refractivity (Wildman–Crippen MR) is 85.4 cm³/mol. The second-order valence-corrected chi connectivity index (χ2v) is 6.21. The number of aromatic nitrogens is 3. The van der Waals surface area contributed by atoms with E-state index in [1.54, 1.807) is 6.20 Å². The van der Waals surface area contributed by atoms with Crippen molar-refractivity contribution in [2.45, 2.75) is 52.0 Å². The van der Waals surface area contributed by atoms with Crippen molar-refractivity contribution in [1.29, 1.82) is 0 Å². The Morgan fingerprint density at radius 1 is 1.35 bits per heavy atom. The molecule has 1 amide bonds. The number of aryl methyl sites for hydroxylation is 1. The highest BCUT2D eigenvalue weighted by atomic mass is 16.5. The van der Waals surface area contributed by atoms with Crippen molar-refractivity contribution in [3.05, 3.63) is 29.9 Å². The number of nitrogens with zero attached hydrogens (tertiary/aromatic N) is 3. The lowest BCUT2D eigenvalue weighted by Gasteiger charge is -2.22. The first-order valence-electron chi connectivity index (χ1n) is 8.20. The van der Waals surface area contributed by atoms with E-state index in [-0.39, 0.29) is 17.9 Å². The summed E-state index contributed by atoms with van der Waals surface area (Å²) in [5, 5.41) is 7.00. The van der Waals surface area contributed by atoms with Crippen LogP contribution in [0.15, 0.2) is 22.9 Å². The van der Waals surface area contributed by atoms with Gasteiger partial charge in [0.25, 0.3) is 0 Å². The summed E-state index contributed by atoms with van der Waals surface area (Å²) in [6, 6.07) is 3.46. The molecule has 0 bridgehead atoms. The SMILES string of the molecule is Cc1cc(-c2noc([C@H](C)NC(=O)C3CCCCC3)n2)ccn1. The molecule has 1 atom stereocenters. The van der Waals surface area contributed by atoms with Crippen LogP contribution in [-0.4, -0.2) is 21.0 Å². The van der Waals surface area contributed by atoms with Crippen LogP contribution in [0.2, 0.25) is 0 Å². The monoisotopic (exact) mass is 314 g/mol. The van der Waals surface area contributed by atoms with Gasteiger partial charge in [-0.15, -0.1) is 0 Å². The van der Waals surface area contributed by atoms with Crippen LogP contribution in [0.5, 0.6) is 0 Å². The Morgan fingerprint density at radius 3 is 2.87 bits per heavy atom. The van der Waals surface area contributed by atoms with Crippen molar-refractivity contribution in [3.8, 4) is 11.4 Å². The summed E-state index contributed by atoms with van der Waals surface area (Å²) in [7, 11) is 0. The summed E-state index contributed by atoms with van der Waals surface area (Å²) in [6.45, 7) is 3.79. The molecule has 2 heterocycles. The summed E-state index contributed by atoms with van der Waals surface area (Å²) in [4.78, 5) is 20.8. The van der Waals surface area contributed by atoms with Gasteiger partial charge in [-0.25, -0.2) is 0 Å². The largest absolute Gasteiger partial charge is 0.344 e. The van der Waals surface area contributed by atoms with Gasteiger partial charge in [-0.1, -0.05) is 24.4 Å². The zero-order chi connectivity index (χ0) is 16.2. The first-order chi connectivity index (χ1) is 11.1. The van der Waals surface area contributed by atoms with E-state index in [1.807, 2.05) is 26.0 Å². The van der Waals surface area contributed by atoms with Crippen molar-refractivity contribution < 1.29 is 9.32 Å². The molecule has 1 aliphatic carbocycles. The third kappa shape index (κ3) is 3.75. The van der Waals surface area contributed by atoms with Crippen molar-refractivity contribution in [2.24, 2.45) is 5.92 Å². The molecule has 2 aromatic rings. The van der Waals surface area contributed by atoms with E-state index in [1.165, 1.54) is 6.42 Å². The van der Waals surface area contributed by atoms with Gasteiger partial charge in [0.2, 0.25) is 17.6 Å². The van der Waals surface area contributed by atoms with E-state index >= 15 is 0 Å². The van der Waals surface area contributed by atoms with Gasteiger partial charge in [0.15, 0.2) is 0 Å². The van der Waals surface area contributed by atoms with Crippen molar-refractivity contribution in [1.82, 2.24) is 20.4 Å². The molecule has 0 spiro atoms. The van der Waals surface area contributed by atoms with Gasteiger partial charge in [0, 0.05) is 23.4 Å². The maximum atomic E-state index is 12.3. The second-order valence-electron chi connectivity index (χ2n) is 6.21. The van der Waals surface area contributed by atoms with Crippen LogP contribution in [0.25, 0.3) is 11.4 Å². The number of hydrogen-bond acceptors (Lipinski definition) is 5. The van der Waals surface area contributed by atoms with Crippen LogP contribution in [-0.2, 0) is 4.79 Å². The van der Waals surface area contributed by atoms with E-state index < -0.39 is 0 Å². The number of carbonyl (C=O) groups excluding carboxylic acids is 1. The predicted octanol–water partition coefficient (Wildman–Crippen LogP) is 3.20. The maximum Gasteiger partial charge on any atom is 0.249 e. The number of amides is 1. The van der Waals surface area contributed by atoms with Gasteiger partial charge in [0.05, 0.1) is 0 Å². The molecule has 0 saturated heterocycles. The van der Waals surface area contributed by atoms with E-state index in [0.717, 1.165) is 36.9 Å². The Kier molecular flexibility index (Phi) is 4.69. The molecule has 23 heavy (non-hydrogen) atoms. The fourth-order valence-corrected chi connectivity index (χ4v) is 2.97. The summed E-state index contributed by atoms with van der Waals surface area (Å²) in [5.41, 5.74) is 1.76. The number of hydrogen-bond donors (Lipinski definition) is 1. The van der Waals surface area contributed by atoms with Crippen LogP contribution in [0.3, 0.4) is 0 Å². The van der Waals surface area contributed by atoms with Crippen LogP contribution < -0.4 is 5.32 Å². The number of rotatable bonds is 4. The molecule has 1 aliphatic rings. The zero-order valence-electron chi connectivity index (χ0n) is 13.6. The number of nitrogens with one attached hydrogen (secondary N) is 1. The van der Waals surface area contributed by atoms with E-state index in [4.69, 9.17) is 4.52 Å². The normalized spacial score (nSPS) is 17.0. The average molecular weight is 314 g/mol. The molecule has 0 radical (unpaired) electrons. The molecule has 6 heteroatoms. The third-order valence-corrected chi connectivity index (χ3v) is 4.30. The lowest BCUT2D eigenvalue weighted by Crippen LogP contribution is -2.33. The molecule has 1 fully saturated rings. The molecule has 0 aromatic carbocycles. The minimum absolute atomic E-state index is 0.0942. The molecular weight excluding hydrogens is 292 g/mol. The Bertz CT molecular complexity index is 677. The first kappa shape index (κ1) is 15.6. The zero-order valence-corrected chi connectivity index (χ0v) is 13.6. The molecule has 0 unspecified atom stereocenters. The van der Waals surface area contributed by atoms with Gasteiger partial charge in [-0.05, 0) is 38.8 Å². The van der Waals surface area contributed by atoms with Crippen LogP contribution in [0, 0.1) is 12.8 Å². The molecular formula is C17H22N4O2. The molecule has 2 aromatic heterocycles. The summed E-state index contributed by atoms with van der Waals surface area (Å²) in [6.07, 6.45) is 7.18. The highest BCUT2D eigenvalue weighted by molar-refractivity contribution is 5.79. The molecule has 6 nitrogen and oxygen atoms in total. The number of pyridine rings is 1. The van der Waals surface area contributed by atoms with Gasteiger partial charge >= 0.3 is 0 Å². The van der Waals surface area contributed by atoms with Gasteiger partial charge in [-0.2, -0.15) is 4.98 Å². The maximum absolute atomic E-state index is 12.3. The minimum atomic E-state index is -0.284. The fraction of sp³-hybridized carbons (Fsp3) is 0.529. The van der Waals surface area contributed by atoms with Gasteiger partial charge < -0.3 is 9.84 Å².